The summed E-state index contributed by atoms with van der Waals surface area (Å²) in [6.07, 6.45) is 0. The molecule has 0 aliphatic carbocycles. The van der Waals surface area contributed by atoms with E-state index in [0.717, 1.165) is 5.56 Å². The van der Waals surface area contributed by atoms with E-state index < -0.39 is 0 Å². The van der Waals surface area contributed by atoms with Crippen molar-refractivity contribution in [3.63, 3.8) is 0 Å². The van der Waals surface area contributed by atoms with Gasteiger partial charge in [-0.25, -0.2) is 0 Å². The van der Waals surface area contributed by atoms with Crippen LogP contribution in [-0.4, -0.2) is 18.2 Å². The molecule has 0 fully saturated rings. The predicted octanol–water partition coefficient (Wildman–Crippen LogP) is 4.24. The molecule has 0 aliphatic heterocycles. The molecule has 2 aromatic carbocycles. The molecule has 0 saturated heterocycles. The molecule has 0 aliphatic rings. The molecule has 1 heterocycles. The minimum absolute atomic E-state index is 0.264. The average molecular weight is 357 g/mol. The number of ether oxygens (including phenoxy) is 1. The van der Waals surface area contributed by atoms with Crippen LogP contribution in [0.25, 0.3) is 11.3 Å². The highest BCUT2D eigenvalue weighted by Crippen LogP contribution is 2.33. The first-order valence-corrected chi connectivity index (χ1v) is 8.10. The minimum Gasteiger partial charge on any atom is -0.496 e. The summed E-state index contributed by atoms with van der Waals surface area (Å²) in [5.41, 5.74) is 2.50. The third-order valence-electron chi connectivity index (χ3n) is 3.78. The molecule has 0 atom stereocenters. The van der Waals surface area contributed by atoms with Gasteiger partial charge in [0.1, 0.15) is 11.3 Å². The fourth-order valence-corrected chi connectivity index (χ4v) is 2.78. The summed E-state index contributed by atoms with van der Waals surface area (Å²) in [6.45, 7) is 2.09. The van der Waals surface area contributed by atoms with Crippen LogP contribution in [0, 0.1) is 6.92 Å². The number of carbonyl (C=O) groups excluding carboxylic acids is 1. The van der Waals surface area contributed by atoms with Crippen molar-refractivity contribution in [3.05, 3.63) is 70.4 Å². The second-order valence-electron chi connectivity index (χ2n) is 5.48. The highest BCUT2D eigenvalue weighted by molar-refractivity contribution is 6.30. The number of halogens is 1. The molecule has 0 unspecified atom stereocenters. The van der Waals surface area contributed by atoms with Crippen LogP contribution in [-0.2, 0) is 6.54 Å². The quantitative estimate of drug-likeness (QED) is 0.742. The molecule has 0 bridgehead atoms. The molecule has 6 heteroatoms. The number of aromatic nitrogens is 1. The number of para-hydroxylation sites is 1. The molecular formula is C19H17ClN2O3. The number of nitrogens with zero attached hydrogens (tertiary/aromatic N) is 1. The van der Waals surface area contributed by atoms with E-state index in [4.69, 9.17) is 20.9 Å². The number of methoxy groups -OCH3 is 1. The standard InChI is InChI=1S/C19H17ClN2O3/c1-12-17(19(23)21-11-13-6-5-7-14(20)10-13)18(25-22-12)15-8-3-4-9-16(15)24-2/h3-10H,11H2,1-2H3,(H,21,23). The van der Waals surface area contributed by atoms with Crippen molar-refractivity contribution in [1.29, 1.82) is 0 Å². The molecule has 1 amide bonds. The predicted molar refractivity (Wildman–Crippen MR) is 95.9 cm³/mol. The maximum absolute atomic E-state index is 12.7. The van der Waals surface area contributed by atoms with E-state index in [9.17, 15) is 4.79 Å². The zero-order valence-corrected chi connectivity index (χ0v) is 14.6. The molecule has 1 N–H and O–H groups in total. The van der Waals surface area contributed by atoms with Gasteiger partial charge in [-0.05, 0) is 36.8 Å². The highest BCUT2D eigenvalue weighted by Gasteiger charge is 2.23. The number of hydrogen-bond donors (Lipinski definition) is 1. The van der Waals surface area contributed by atoms with Crippen LogP contribution in [0.2, 0.25) is 5.02 Å². The fourth-order valence-electron chi connectivity index (χ4n) is 2.57. The summed E-state index contributed by atoms with van der Waals surface area (Å²) in [5, 5.41) is 7.45. The minimum atomic E-state index is -0.264. The van der Waals surface area contributed by atoms with E-state index in [1.54, 1.807) is 26.2 Å². The molecule has 25 heavy (non-hydrogen) atoms. The van der Waals surface area contributed by atoms with Crippen molar-refractivity contribution in [2.75, 3.05) is 7.11 Å². The summed E-state index contributed by atoms with van der Waals surface area (Å²) >= 11 is 5.97. The Kier molecular flexibility index (Phi) is 5.05. The largest absolute Gasteiger partial charge is 0.496 e. The van der Waals surface area contributed by atoms with Crippen molar-refractivity contribution < 1.29 is 14.1 Å². The maximum Gasteiger partial charge on any atom is 0.257 e. The number of benzene rings is 2. The number of amides is 1. The van der Waals surface area contributed by atoms with Gasteiger partial charge in [-0.15, -0.1) is 0 Å². The van der Waals surface area contributed by atoms with Gasteiger partial charge in [0.25, 0.3) is 5.91 Å². The van der Waals surface area contributed by atoms with Gasteiger partial charge in [-0.2, -0.15) is 0 Å². The molecule has 0 saturated carbocycles. The molecular weight excluding hydrogens is 340 g/mol. The van der Waals surface area contributed by atoms with Crippen LogP contribution in [0.5, 0.6) is 5.75 Å². The zero-order valence-electron chi connectivity index (χ0n) is 13.9. The smallest absolute Gasteiger partial charge is 0.257 e. The Hall–Kier alpha value is -2.79. The number of rotatable bonds is 5. The summed E-state index contributed by atoms with van der Waals surface area (Å²) in [5.74, 6) is 0.737. The SMILES string of the molecule is COc1ccccc1-c1onc(C)c1C(=O)NCc1cccc(Cl)c1. The molecule has 3 aromatic rings. The van der Waals surface area contributed by atoms with Crippen LogP contribution < -0.4 is 10.1 Å². The van der Waals surface area contributed by atoms with Crippen molar-refractivity contribution in [2.45, 2.75) is 13.5 Å². The van der Waals surface area contributed by atoms with Gasteiger partial charge in [-0.1, -0.05) is 41.0 Å². The molecule has 0 radical (unpaired) electrons. The van der Waals surface area contributed by atoms with Gasteiger partial charge in [0.15, 0.2) is 5.76 Å². The van der Waals surface area contributed by atoms with E-state index in [0.29, 0.717) is 39.9 Å². The Morgan fingerprint density at radius 3 is 2.80 bits per heavy atom. The van der Waals surface area contributed by atoms with Gasteiger partial charge < -0.3 is 14.6 Å². The first-order chi connectivity index (χ1) is 12.1. The second-order valence-corrected chi connectivity index (χ2v) is 5.92. The number of nitrogens with one attached hydrogen (secondary N) is 1. The zero-order chi connectivity index (χ0) is 17.8. The first kappa shape index (κ1) is 17.0. The summed E-state index contributed by atoms with van der Waals surface area (Å²) in [4.78, 5) is 12.7. The van der Waals surface area contributed by atoms with Crippen molar-refractivity contribution in [3.8, 4) is 17.1 Å². The lowest BCUT2D eigenvalue weighted by molar-refractivity contribution is 0.0950. The fraction of sp³-hybridized carbons (Fsp3) is 0.158. The van der Waals surface area contributed by atoms with E-state index in [-0.39, 0.29) is 5.91 Å². The lowest BCUT2D eigenvalue weighted by Crippen LogP contribution is -2.23. The molecule has 0 spiro atoms. The monoisotopic (exact) mass is 356 g/mol. The lowest BCUT2D eigenvalue weighted by atomic mass is 10.1. The van der Waals surface area contributed by atoms with Crippen LogP contribution in [0.4, 0.5) is 0 Å². The van der Waals surface area contributed by atoms with Gasteiger partial charge in [0.05, 0.1) is 18.4 Å². The van der Waals surface area contributed by atoms with Crippen molar-refractivity contribution in [1.82, 2.24) is 10.5 Å². The second kappa shape index (κ2) is 7.40. The van der Waals surface area contributed by atoms with E-state index in [2.05, 4.69) is 10.5 Å². The number of hydrogen-bond acceptors (Lipinski definition) is 4. The van der Waals surface area contributed by atoms with Crippen LogP contribution in [0.3, 0.4) is 0 Å². The molecule has 5 nitrogen and oxygen atoms in total. The lowest BCUT2D eigenvalue weighted by Gasteiger charge is -2.08. The number of carbonyl (C=O) groups is 1. The van der Waals surface area contributed by atoms with Gasteiger partial charge >= 0.3 is 0 Å². The Labute approximate surface area is 150 Å². The van der Waals surface area contributed by atoms with E-state index in [1.807, 2.05) is 36.4 Å². The first-order valence-electron chi connectivity index (χ1n) is 7.72. The van der Waals surface area contributed by atoms with Crippen LogP contribution in [0.1, 0.15) is 21.6 Å². The molecule has 3 rings (SSSR count). The van der Waals surface area contributed by atoms with E-state index in [1.165, 1.54) is 0 Å². The normalized spacial score (nSPS) is 10.5. The third kappa shape index (κ3) is 3.67. The Morgan fingerprint density at radius 1 is 1.24 bits per heavy atom. The molecule has 128 valence electrons. The topological polar surface area (TPSA) is 64.4 Å². The molecule has 1 aromatic heterocycles. The van der Waals surface area contributed by atoms with Gasteiger partial charge in [-0.3, -0.25) is 4.79 Å². The van der Waals surface area contributed by atoms with Crippen molar-refractivity contribution >= 4 is 17.5 Å². The third-order valence-corrected chi connectivity index (χ3v) is 4.02. The number of aryl methyl sites for hydroxylation is 1. The van der Waals surface area contributed by atoms with Crippen molar-refractivity contribution in [2.24, 2.45) is 0 Å². The summed E-state index contributed by atoms with van der Waals surface area (Å²) < 4.78 is 10.8. The Morgan fingerprint density at radius 2 is 2.04 bits per heavy atom. The highest BCUT2D eigenvalue weighted by atomic mass is 35.5. The summed E-state index contributed by atoms with van der Waals surface area (Å²) in [7, 11) is 1.57. The van der Waals surface area contributed by atoms with Gasteiger partial charge in [0.2, 0.25) is 0 Å². The summed E-state index contributed by atoms with van der Waals surface area (Å²) in [6, 6.07) is 14.7. The Balaban J connectivity index is 1.87. The van der Waals surface area contributed by atoms with Crippen LogP contribution >= 0.6 is 11.6 Å². The Bertz CT molecular complexity index is 905. The van der Waals surface area contributed by atoms with Crippen LogP contribution in [0.15, 0.2) is 53.1 Å². The maximum atomic E-state index is 12.7. The van der Waals surface area contributed by atoms with Gasteiger partial charge in [0, 0.05) is 11.6 Å². The van der Waals surface area contributed by atoms with E-state index >= 15 is 0 Å². The average Bonchev–Trinajstić information content (AvgIpc) is 3.01.